The summed E-state index contributed by atoms with van der Waals surface area (Å²) in [4.78, 5) is 0. The zero-order valence-electron chi connectivity index (χ0n) is 13.6. The smallest absolute Gasteiger partial charge is 0.380 e. The molecule has 1 rings (SSSR count). The SMILES string of the molecule is CCO[Si](OCC)(OCC)C(C)OCC1(CC)COC1. The van der Waals surface area contributed by atoms with E-state index in [1.165, 1.54) is 0 Å². The van der Waals surface area contributed by atoms with Gasteiger partial charge in [0.15, 0.2) is 0 Å². The summed E-state index contributed by atoms with van der Waals surface area (Å²) < 4.78 is 29.0. The van der Waals surface area contributed by atoms with Crippen LogP contribution in [0.15, 0.2) is 0 Å². The Labute approximate surface area is 124 Å². The second kappa shape index (κ2) is 8.46. The van der Waals surface area contributed by atoms with Crippen LogP contribution in [0.3, 0.4) is 0 Å². The summed E-state index contributed by atoms with van der Waals surface area (Å²) in [6, 6.07) is 0. The van der Waals surface area contributed by atoms with E-state index in [1.807, 2.05) is 27.7 Å². The molecule has 120 valence electrons. The highest BCUT2D eigenvalue weighted by Crippen LogP contribution is 2.32. The predicted octanol–water partition coefficient (Wildman–Crippen LogP) is 2.41. The fourth-order valence-corrected chi connectivity index (χ4v) is 4.71. The molecule has 1 unspecified atom stereocenters. The van der Waals surface area contributed by atoms with E-state index in [4.69, 9.17) is 22.8 Å². The van der Waals surface area contributed by atoms with Gasteiger partial charge in [-0.1, -0.05) is 6.92 Å². The van der Waals surface area contributed by atoms with Crippen molar-refractivity contribution in [1.29, 1.82) is 0 Å². The first-order valence-electron chi connectivity index (χ1n) is 7.69. The molecule has 1 aliphatic heterocycles. The molecule has 5 nitrogen and oxygen atoms in total. The van der Waals surface area contributed by atoms with E-state index in [0.29, 0.717) is 26.4 Å². The molecule has 1 aliphatic rings. The van der Waals surface area contributed by atoms with Gasteiger partial charge in [-0.05, 0) is 34.1 Å². The van der Waals surface area contributed by atoms with Crippen LogP contribution in [-0.4, -0.2) is 54.2 Å². The van der Waals surface area contributed by atoms with Crippen molar-refractivity contribution in [2.45, 2.75) is 46.8 Å². The van der Waals surface area contributed by atoms with Gasteiger partial charge in [0.2, 0.25) is 0 Å². The summed E-state index contributed by atoms with van der Waals surface area (Å²) in [5.41, 5.74) is 0.00495. The number of hydrogen-bond acceptors (Lipinski definition) is 5. The molecule has 1 heterocycles. The van der Waals surface area contributed by atoms with E-state index in [1.54, 1.807) is 0 Å². The van der Waals surface area contributed by atoms with Crippen molar-refractivity contribution < 1.29 is 22.8 Å². The minimum atomic E-state index is -2.76. The van der Waals surface area contributed by atoms with Crippen LogP contribution in [0, 0.1) is 5.41 Å². The van der Waals surface area contributed by atoms with E-state index in [2.05, 4.69) is 6.92 Å². The maximum atomic E-state index is 6.07. The zero-order chi connectivity index (χ0) is 15.1. The van der Waals surface area contributed by atoms with Gasteiger partial charge in [0.05, 0.1) is 19.8 Å². The molecule has 0 aromatic heterocycles. The third-order valence-corrected chi connectivity index (χ3v) is 6.98. The fraction of sp³-hybridized carbons (Fsp3) is 1.00. The van der Waals surface area contributed by atoms with Crippen molar-refractivity contribution in [2.24, 2.45) is 5.41 Å². The molecule has 20 heavy (non-hydrogen) atoms. The maximum absolute atomic E-state index is 6.07. The first-order valence-corrected chi connectivity index (χ1v) is 9.49. The summed E-state index contributed by atoms with van der Waals surface area (Å²) in [7, 11) is -2.76. The van der Waals surface area contributed by atoms with Gasteiger partial charge in [0.25, 0.3) is 0 Å². The fourth-order valence-electron chi connectivity index (χ4n) is 2.26. The molecule has 6 heteroatoms. The van der Waals surface area contributed by atoms with Crippen molar-refractivity contribution in [2.75, 3.05) is 39.6 Å². The monoisotopic (exact) mass is 306 g/mol. The highest BCUT2D eigenvalue weighted by atomic mass is 28.4. The quantitative estimate of drug-likeness (QED) is 0.549. The summed E-state index contributed by atoms with van der Waals surface area (Å²) in [6.07, 6.45) is 1.06. The second-order valence-electron chi connectivity index (χ2n) is 5.20. The third kappa shape index (κ3) is 4.25. The Morgan fingerprint density at radius 3 is 1.80 bits per heavy atom. The van der Waals surface area contributed by atoms with Crippen LogP contribution >= 0.6 is 0 Å². The lowest BCUT2D eigenvalue weighted by molar-refractivity contribution is -0.158. The number of hydrogen-bond donors (Lipinski definition) is 0. The van der Waals surface area contributed by atoms with Gasteiger partial charge >= 0.3 is 8.80 Å². The Hall–Kier alpha value is 0.0169. The van der Waals surface area contributed by atoms with Gasteiger partial charge in [0.1, 0.15) is 5.73 Å². The van der Waals surface area contributed by atoms with Crippen molar-refractivity contribution in [1.82, 2.24) is 0 Å². The molecule has 0 amide bonds. The minimum absolute atomic E-state index is 0.161. The molecule has 0 N–H and O–H groups in total. The highest BCUT2D eigenvalue weighted by molar-refractivity contribution is 6.62. The molecule has 0 spiro atoms. The minimum Gasteiger partial charge on any atom is -0.380 e. The third-order valence-electron chi connectivity index (χ3n) is 3.74. The molecular formula is C14H30O5Si. The summed E-state index contributed by atoms with van der Waals surface area (Å²) in [6.45, 7) is 14.0. The van der Waals surface area contributed by atoms with E-state index < -0.39 is 8.80 Å². The largest absolute Gasteiger partial charge is 0.531 e. The first-order chi connectivity index (χ1) is 9.58. The summed E-state index contributed by atoms with van der Waals surface area (Å²) in [5, 5.41) is 0. The van der Waals surface area contributed by atoms with Gasteiger partial charge in [-0.3, -0.25) is 0 Å². The van der Waals surface area contributed by atoms with Crippen LogP contribution in [0.5, 0.6) is 0 Å². The average Bonchev–Trinajstić information content (AvgIpc) is 2.38. The number of ether oxygens (including phenoxy) is 2. The highest BCUT2D eigenvalue weighted by Gasteiger charge is 2.49. The molecule has 0 radical (unpaired) electrons. The van der Waals surface area contributed by atoms with Crippen molar-refractivity contribution in [3.8, 4) is 0 Å². The first kappa shape index (κ1) is 18.1. The molecule has 0 aromatic carbocycles. The van der Waals surface area contributed by atoms with Gasteiger partial charge in [0, 0.05) is 25.2 Å². The maximum Gasteiger partial charge on any atom is 0.531 e. The summed E-state index contributed by atoms with van der Waals surface area (Å²) >= 11 is 0. The van der Waals surface area contributed by atoms with Gasteiger partial charge < -0.3 is 22.8 Å². The number of rotatable bonds is 11. The van der Waals surface area contributed by atoms with E-state index >= 15 is 0 Å². The lowest BCUT2D eigenvalue weighted by atomic mass is 9.84. The van der Waals surface area contributed by atoms with Gasteiger partial charge in [-0.2, -0.15) is 0 Å². The van der Waals surface area contributed by atoms with E-state index in [-0.39, 0.29) is 11.1 Å². The molecular weight excluding hydrogens is 276 g/mol. The van der Waals surface area contributed by atoms with Gasteiger partial charge in [-0.25, -0.2) is 0 Å². The zero-order valence-corrected chi connectivity index (χ0v) is 14.6. The molecule has 1 fully saturated rings. The van der Waals surface area contributed by atoms with E-state index in [0.717, 1.165) is 19.6 Å². The Morgan fingerprint density at radius 2 is 1.50 bits per heavy atom. The van der Waals surface area contributed by atoms with Crippen LogP contribution in [0.2, 0.25) is 0 Å². The Kier molecular flexibility index (Phi) is 7.64. The van der Waals surface area contributed by atoms with Crippen molar-refractivity contribution >= 4 is 8.80 Å². The Bertz CT molecular complexity index is 248. The molecule has 0 saturated carbocycles. The average molecular weight is 306 g/mol. The molecule has 1 saturated heterocycles. The van der Waals surface area contributed by atoms with Crippen LogP contribution in [-0.2, 0) is 22.8 Å². The van der Waals surface area contributed by atoms with Crippen LogP contribution in [0.1, 0.15) is 41.0 Å². The summed E-state index contributed by atoms with van der Waals surface area (Å²) in [5.74, 6) is 0. The standard InChI is InChI=1S/C14H30O5Si/c1-6-14(10-15-11-14)12-16-13(5)20(17-7-2,18-8-3)19-9-4/h13H,6-12H2,1-5H3. The molecule has 1 atom stereocenters. The lowest BCUT2D eigenvalue weighted by Gasteiger charge is -2.42. The Morgan fingerprint density at radius 1 is 1.00 bits per heavy atom. The van der Waals surface area contributed by atoms with Gasteiger partial charge in [-0.15, -0.1) is 0 Å². The normalized spacial score (nSPS) is 19.6. The van der Waals surface area contributed by atoms with Crippen LogP contribution in [0.4, 0.5) is 0 Å². The second-order valence-corrected chi connectivity index (χ2v) is 8.09. The van der Waals surface area contributed by atoms with Crippen LogP contribution < -0.4 is 0 Å². The van der Waals surface area contributed by atoms with Crippen LogP contribution in [0.25, 0.3) is 0 Å². The van der Waals surface area contributed by atoms with E-state index in [9.17, 15) is 0 Å². The molecule has 0 bridgehead atoms. The Balaban J connectivity index is 2.63. The topological polar surface area (TPSA) is 46.2 Å². The lowest BCUT2D eigenvalue weighted by Crippen LogP contribution is -2.58. The molecule has 0 aromatic rings. The van der Waals surface area contributed by atoms with Crippen molar-refractivity contribution in [3.05, 3.63) is 0 Å². The van der Waals surface area contributed by atoms with Crippen molar-refractivity contribution in [3.63, 3.8) is 0 Å². The molecule has 0 aliphatic carbocycles. The predicted molar refractivity (Wildman–Crippen MR) is 79.6 cm³/mol.